The maximum Gasteiger partial charge on any atom is 0.323 e. The molecule has 0 spiro atoms. The second-order valence-electron chi connectivity index (χ2n) is 5.67. The van der Waals surface area contributed by atoms with Crippen molar-refractivity contribution in [1.82, 2.24) is 4.90 Å². The van der Waals surface area contributed by atoms with E-state index in [4.69, 9.17) is 9.84 Å². The molecule has 1 fully saturated rings. The average Bonchev–Trinajstić information content (AvgIpc) is 2.41. The molecule has 0 heterocycles. The lowest BCUT2D eigenvalue weighted by Crippen LogP contribution is -2.44. The minimum Gasteiger partial charge on any atom is -0.480 e. The highest BCUT2D eigenvalue weighted by atomic mass is 16.5. The first-order valence-electron chi connectivity index (χ1n) is 7.63. The van der Waals surface area contributed by atoms with Crippen LogP contribution in [0.25, 0.3) is 0 Å². The van der Waals surface area contributed by atoms with Crippen LogP contribution in [0.4, 0.5) is 0 Å². The number of carbonyl (C=O) groups is 2. The van der Waals surface area contributed by atoms with Crippen LogP contribution in [0.2, 0.25) is 0 Å². The highest BCUT2D eigenvalue weighted by Gasteiger charge is 2.28. The van der Waals surface area contributed by atoms with Crippen LogP contribution >= 0.6 is 0 Å². The summed E-state index contributed by atoms with van der Waals surface area (Å²) in [6.07, 6.45) is 4.57. The second kappa shape index (κ2) is 8.25. The minimum absolute atomic E-state index is 0.135. The lowest BCUT2D eigenvalue weighted by molar-refractivity contribution is -0.154. The predicted octanol–water partition coefficient (Wildman–Crippen LogP) is 2.29. The molecule has 0 bridgehead atoms. The molecular formula is C15H27NO4. The van der Waals surface area contributed by atoms with Crippen LogP contribution in [-0.4, -0.2) is 47.2 Å². The van der Waals surface area contributed by atoms with E-state index in [9.17, 15) is 9.59 Å². The summed E-state index contributed by atoms with van der Waals surface area (Å²) in [6.45, 7) is 6.04. The number of likely N-dealkylation sites (N-methyl/N-ethyl adjacent to an activating group) is 1. The van der Waals surface area contributed by atoms with Crippen LogP contribution in [0.5, 0.6) is 0 Å². The van der Waals surface area contributed by atoms with Gasteiger partial charge in [0, 0.05) is 6.54 Å². The van der Waals surface area contributed by atoms with E-state index in [1.54, 1.807) is 6.92 Å². The molecule has 0 aliphatic heterocycles. The van der Waals surface area contributed by atoms with E-state index in [-0.39, 0.29) is 18.6 Å². The summed E-state index contributed by atoms with van der Waals surface area (Å²) >= 11 is 0. The SMILES string of the molecule is CCC(OC1CCCC(C)C1)C(=O)N(CC)CC(=O)O. The zero-order valence-electron chi connectivity index (χ0n) is 12.8. The zero-order valence-corrected chi connectivity index (χ0v) is 12.8. The van der Waals surface area contributed by atoms with Crippen molar-refractivity contribution in [2.45, 2.75) is 65.1 Å². The third kappa shape index (κ3) is 5.12. The minimum atomic E-state index is -0.985. The first-order valence-corrected chi connectivity index (χ1v) is 7.63. The van der Waals surface area contributed by atoms with Gasteiger partial charge in [-0.05, 0) is 32.1 Å². The van der Waals surface area contributed by atoms with E-state index in [1.165, 1.54) is 11.3 Å². The van der Waals surface area contributed by atoms with Gasteiger partial charge in [0.25, 0.3) is 5.91 Å². The molecule has 0 aromatic heterocycles. The Morgan fingerprint density at radius 1 is 1.35 bits per heavy atom. The van der Waals surface area contributed by atoms with Gasteiger partial charge in [-0.2, -0.15) is 0 Å². The molecule has 3 unspecified atom stereocenters. The maximum absolute atomic E-state index is 12.3. The standard InChI is InChI=1S/C15H27NO4/c1-4-13(15(19)16(5-2)10-14(17)18)20-12-8-6-7-11(3)9-12/h11-13H,4-10H2,1-3H3,(H,17,18). The molecule has 5 heteroatoms. The fraction of sp³-hybridized carbons (Fsp3) is 0.867. The number of ether oxygens (including phenoxy) is 1. The van der Waals surface area contributed by atoms with Gasteiger partial charge >= 0.3 is 5.97 Å². The van der Waals surface area contributed by atoms with Gasteiger partial charge in [-0.15, -0.1) is 0 Å². The molecule has 5 nitrogen and oxygen atoms in total. The van der Waals surface area contributed by atoms with Crippen molar-refractivity contribution < 1.29 is 19.4 Å². The van der Waals surface area contributed by atoms with Crippen LogP contribution < -0.4 is 0 Å². The lowest BCUT2D eigenvalue weighted by atomic mass is 9.88. The molecule has 1 amide bonds. The molecule has 3 atom stereocenters. The Morgan fingerprint density at radius 3 is 2.55 bits per heavy atom. The van der Waals surface area contributed by atoms with Gasteiger partial charge < -0.3 is 14.7 Å². The number of aliphatic carboxylic acids is 1. The van der Waals surface area contributed by atoms with E-state index in [1.807, 2.05) is 6.92 Å². The molecule has 1 saturated carbocycles. The summed E-state index contributed by atoms with van der Waals surface area (Å²) < 4.78 is 5.95. The van der Waals surface area contributed by atoms with E-state index in [0.29, 0.717) is 18.9 Å². The van der Waals surface area contributed by atoms with Gasteiger partial charge in [0.2, 0.25) is 0 Å². The summed E-state index contributed by atoms with van der Waals surface area (Å²) in [5, 5.41) is 8.84. The van der Waals surface area contributed by atoms with Crippen molar-refractivity contribution in [1.29, 1.82) is 0 Å². The van der Waals surface area contributed by atoms with Crippen LogP contribution in [-0.2, 0) is 14.3 Å². The molecule has 0 aromatic carbocycles. The third-order valence-corrected chi connectivity index (χ3v) is 3.91. The summed E-state index contributed by atoms with van der Waals surface area (Å²) in [7, 11) is 0. The molecule has 20 heavy (non-hydrogen) atoms. The van der Waals surface area contributed by atoms with Gasteiger partial charge in [-0.25, -0.2) is 0 Å². The number of carboxylic acids is 1. The van der Waals surface area contributed by atoms with Crippen LogP contribution in [0.15, 0.2) is 0 Å². The van der Waals surface area contributed by atoms with E-state index in [0.717, 1.165) is 19.3 Å². The molecule has 0 radical (unpaired) electrons. The van der Waals surface area contributed by atoms with Crippen molar-refractivity contribution in [2.75, 3.05) is 13.1 Å². The number of hydrogen-bond donors (Lipinski definition) is 1. The van der Waals surface area contributed by atoms with Crippen LogP contribution in [0, 0.1) is 5.92 Å². The third-order valence-electron chi connectivity index (χ3n) is 3.91. The summed E-state index contributed by atoms with van der Waals surface area (Å²) in [5.74, 6) is -0.542. The van der Waals surface area contributed by atoms with Crippen molar-refractivity contribution in [3.8, 4) is 0 Å². The molecule has 1 aliphatic rings. The first kappa shape index (κ1) is 17.0. The molecule has 1 rings (SSSR count). The Labute approximate surface area is 121 Å². The Kier molecular flexibility index (Phi) is 6.99. The van der Waals surface area contributed by atoms with Crippen LogP contribution in [0.1, 0.15) is 52.9 Å². The van der Waals surface area contributed by atoms with Gasteiger partial charge in [0.15, 0.2) is 0 Å². The van der Waals surface area contributed by atoms with E-state index >= 15 is 0 Å². The van der Waals surface area contributed by atoms with Crippen molar-refractivity contribution >= 4 is 11.9 Å². The van der Waals surface area contributed by atoms with E-state index in [2.05, 4.69) is 6.92 Å². The van der Waals surface area contributed by atoms with Crippen molar-refractivity contribution in [3.63, 3.8) is 0 Å². The second-order valence-corrected chi connectivity index (χ2v) is 5.67. The maximum atomic E-state index is 12.3. The normalized spacial score (nSPS) is 24.1. The summed E-state index contributed by atoms with van der Waals surface area (Å²) in [6, 6.07) is 0. The Morgan fingerprint density at radius 2 is 2.05 bits per heavy atom. The molecular weight excluding hydrogens is 258 g/mol. The molecule has 116 valence electrons. The molecule has 0 aromatic rings. The smallest absolute Gasteiger partial charge is 0.323 e. The highest BCUT2D eigenvalue weighted by Crippen LogP contribution is 2.27. The average molecular weight is 285 g/mol. The predicted molar refractivity (Wildman–Crippen MR) is 76.5 cm³/mol. The Balaban J connectivity index is 2.59. The van der Waals surface area contributed by atoms with Gasteiger partial charge in [-0.3, -0.25) is 9.59 Å². The van der Waals surface area contributed by atoms with Crippen LogP contribution in [0.3, 0.4) is 0 Å². The van der Waals surface area contributed by atoms with E-state index < -0.39 is 12.1 Å². The fourth-order valence-electron chi connectivity index (χ4n) is 2.78. The van der Waals surface area contributed by atoms with Crippen molar-refractivity contribution in [3.05, 3.63) is 0 Å². The molecule has 1 N–H and O–H groups in total. The highest BCUT2D eigenvalue weighted by molar-refractivity contribution is 5.84. The first-order chi connectivity index (χ1) is 9.47. The quantitative estimate of drug-likeness (QED) is 0.779. The zero-order chi connectivity index (χ0) is 15.1. The Hall–Kier alpha value is -1.10. The number of hydrogen-bond acceptors (Lipinski definition) is 3. The number of nitrogens with zero attached hydrogens (tertiary/aromatic N) is 1. The topological polar surface area (TPSA) is 66.8 Å². The molecule has 1 aliphatic carbocycles. The van der Waals surface area contributed by atoms with Crippen molar-refractivity contribution in [2.24, 2.45) is 5.92 Å². The largest absolute Gasteiger partial charge is 0.480 e. The van der Waals surface area contributed by atoms with Gasteiger partial charge in [0.05, 0.1) is 6.10 Å². The lowest BCUT2D eigenvalue weighted by Gasteiger charge is -2.31. The number of carboxylic acid groups (broad SMARTS) is 1. The fourth-order valence-corrected chi connectivity index (χ4v) is 2.78. The Bertz CT molecular complexity index is 332. The summed E-state index contributed by atoms with van der Waals surface area (Å²) in [4.78, 5) is 24.5. The van der Waals surface area contributed by atoms with Gasteiger partial charge in [-0.1, -0.05) is 26.7 Å². The van der Waals surface area contributed by atoms with Gasteiger partial charge in [0.1, 0.15) is 12.6 Å². The monoisotopic (exact) mass is 285 g/mol. The number of rotatable bonds is 7. The number of amides is 1. The summed E-state index contributed by atoms with van der Waals surface area (Å²) in [5.41, 5.74) is 0. The molecule has 0 saturated heterocycles. The number of carbonyl (C=O) groups excluding carboxylic acids is 1.